The number of aromatic amines is 1. The van der Waals surface area contributed by atoms with E-state index in [1.807, 2.05) is 0 Å². The van der Waals surface area contributed by atoms with Crippen molar-refractivity contribution in [1.82, 2.24) is 19.8 Å². The highest BCUT2D eigenvalue weighted by atomic mass is 16.5. The summed E-state index contributed by atoms with van der Waals surface area (Å²) in [5, 5.41) is 3.00. The monoisotopic (exact) mass is 374 g/mol. The van der Waals surface area contributed by atoms with Crippen LogP contribution in [-0.2, 0) is 20.9 Å². The molecule has 27 heavy (non-hydrogen) atoms. The van der Waals surface area contributed by atoms with E-state index in [2.05, 4.69) is 10.3 Å². The molecule has 2 atom stereocenters. The van der Waals surface area contributed by atoms with Crippen molar-refractivity contribution >= 4 is 22.7 Å². The summed E-state index contributed by atoms with van der Waals surface area (Å²) in [7, 11) is 3.33. The molecule has 0 spiro atoms. The topological polar surface area (TPSA) is 113 Å². The van der Waals surface area contributed by atoms with Crippen molar-refractivity contribution in [2.75, 3.05) is 20.6 Å². The van der Waals surface area contributed by atoms with Crippen LogP contribution in [0.5, 0.6) is 0 Å². The van der Waals surface area contributed by atoms with E-state index in [1.165, 1.54) is 4.90 Å². The molecule has 0 unspecified atom stereocenters. The summed E-state index contributed by atoms with van der Waals surface area (Å²) in [4.78, 5) is 52.7. The Balaban J connectivity index is 1.61. The molecular weight excluding hydrogens is 352 g/mol. The fraction of sp³-hybridized carbons (Fsp3) is 0.444. The zero-order valence-corrected chi connectivity index (χ0v) is 15.2. The third-order valence-electron chi connectivity index (χ3n) is 4.54. The molecule has 2 N–H and O–H groups in total. The maximum atomic E-state index is 12.4. The lowest BCUT2D eigenvalue weighted by Crippen LogP contribution is -2.42. The number of nitrogens with one attached hydrogen (secondary N) is 2. The Morgan fingerprint density at radius 2 is 2.00 bits per heavy atom. The summed E-state index contributed by atoms with van der Waals surface area (Å²) >= 11 is 0. The van der Waals surface area contributed by atoms with Gasteiger partial charge in [-0.1, -0.05) is 12.1 Å². The molecule has 1 fully saturated rings. The zero-order chi connectivity index (χ0) is 19.6. The maximum absolute atomic E-state index is 12.4. The molecule has 0 aliphatic carbocycles. The number of H-pyrrole nitrogens is 1. The molecule has 0 radical (unpaired) electrons. The number of carbonyl (C=O) groups excluding carboxylic acids is 2. The Bertz CT molecular complexity index is 978. The van der Waals surface area contributed by atoms with E-state index in [1.54, 1.807) is 38.4 Å². The van der Waals surface area contributed by atoms with Crippen molar-refractivity contribution < 1.29 is 14.3 Å². The van der Waals surface area contributed by atoms with Gasteiger partial charge in [0.2, 0.25) is 5.91 Å². The fourth-order valence-electron chi connectivity index (χ4n) is 3.10. The molecule has 1 aliphatic heterocycles. The van der Waals surface area contributed by atoms with Crippen LogP contribution in [-0.4, -0.2) is 59.1 Å². The van der Waals surface area contributed by atoms with Gasteiger partial charge in [-0.25, -0.2) is 4.79 Å². The van der Waals surface area contributed by atoms with Crippen LogP contribution in [0.25, 0.3) is 10.9 Å². The number of nitrogens with zero attached hydrogens (tertiary/aromatic N) is 2. The molecule has 9 heteroatoms. The lowest BCUT2D eigenvalue weighted by molar-refractivity contribution is -0.140. The Kier molecular flexibility index (Phi) is 5.41. The van der Waals surface area contributed by atoms with E-state index in [4.69, 9.17) is 4.74 Å². The third-order valence-corrected chi connectivity index (χ3v) is 4.54. The van der Waals surface area contributed by atoms with Crippen molar-refractivity contribution in [2.45, 2.75) is 31.6 Å². The van der Waals surface area contributed by atoms with Crippen LogP contribution in [0.3, 0.4) is 0 Å². The fourth-order valence-corrected chi connectivity index (χ4v) is 3.10. The molecule has 3 rings (SSSR count). The summed E-state index contributed by atoms with van der Waals surface area (Å²) in [6.07, 6.45) is 0.491. The van der Waals surface area contributed by atoms with Crippen molar-refractivity contribution in [3.05, 3.63) is 45.1 Å². The van der Waals surface area contributed by atoms with Gasteiger partial charge in [0.1, 0.15) is 12.6 Å². The van der Waals surface area contributed by atoms with Gasteiger partial charge in [-0.2, -0.15) is 0 Å². The molecular formula is C18H22N4O5. The van der Waals surface area contributed by atoms with Gasteiger partial charge in [-0.3, -0.25) is 19.0 Å². The molecule has 2 aromatic rings. The van der Waals surface area contributed by atoms with Gasteiger partial charge in [-0.05, 0) is 25.0 Å². The quantitative estimate of drug-likeness (QED) is 0.728. The first kappa shape index (κ1) is 18.8. The average molecular weight is 374 g/mol. The molecule has 0 bridgehead atoms. The number of rotatable bonds is 5. The molecule has 1 saturated heterocycles. The van der Waals surface area contributed by atoms with Crippen molar-refractivity contribution in [3.63, 3.8) is 0 Å². The van der Waals surface area contributed by atoms with Crippen molar-refractivity contribution in [2.24, 2.45) is 0 Å². The van der Waals surface area contributed by atoms with Crippen LogP contribution in [0.1, 0.15) is 12.8 Å². The first-order valence-electron chi connectivity index (χ1n) is 8.72. The summed E-state index contributed by atoms with van der Waals surface area (Å²) in [6.45, 7) is -0.165. The van der Waals surface area contributed by atoms with E-state index < -0.39 is 23.3 Å². The number of likely N-dealkylation sites (N-methyl/N-ethyl adjacent to an activating group) is 1. The molecule has 9 nitrogen and oxygen atoms in total. The first-order valence-corrected chi connectivity index (χ1v) is 8.72. The van der Waals surface area contributed by atoms with Crippen LogP contribution >= 0.6 is 0 Å². The normalized spacial score (nSPS) is 19.2. The highest BCUT2D eigenvalue weighted by Crippen LogP contribution is 2.20. The van der Waals surface area contributed by atoms with E-state index >= 15 is 0 Å². The molecule has 144 valence electrons. The Morgan fingerprint density at radius 3 is 2.74 bits per heavy atom. The summed E-state index contributed by atoms with van der Waals surface area (Å²) in [5.74, 6) is -0.568. The van der Waals surface area contributed by atoms with Crippen molar-refractivity contribution in [3.8, 4) is 0 Å². The number of ether oxygens (including phenoxy) is 1. The molecule has 2 amide bonds. The number of hydrogen-bond acceptors (Lipinski definition) is 5. The predicted molar refractivity (Wildman–Crippen MR) is 98.4 cm³/mol. The molecule has 1 aromatic heterocycles. The van der Waals surface area contributed by atoms with Gasteiger partial charge >= 0.3 is 5.69 Å². The van der Waals surface area contributed by atoms with Gasteiger partial charge in [0.25, 0.3) is 11.5 Å². The van der Waals surface area contributed by atoms with E-state index in [9.17, 15) is 19.2 Å². The maximum Gasteiger partial charge on any atom is 0.329 e. The standard InChI is InChI=1S/C18H22N4O5/c1-21(2)17(25)14-8-7-11(27-14)9-19-15(23)10-22-16(24)12-5-3-4-6-13(12)20-18(22)26/h3-6,11,14H,7-10H2,1-2H3,(H,19,23)(H,20,26)/t11-,14-/m1/s1. The van der Waals surface area contributed by atoms with Gasteiger partial charge in [0, 0.05) is 20.6 Å². The summed E-state index contributed by atoms with van der Waals surface area (Å²) in [6, 6.07) is 6.63. The number of benzene rings is 1. The van der Waals surface area contributed by atoms with Gasteiger partial charge in [0.15, 0.2) is 0 Å². The zero-order valence-electron chi connectivity index (χ0n) is 15.2. The highest BCUT2D eigenvalue weighted by Gasteiger charge is 2.31. The second-order valence-corrected chi connectivity index (χ2v) is 6.73. The van der Waals surface area contributed by atoms with Crippen molar-refractivity contribution in [1.29, 1.82) is 0 Å². The number of amides is 2. The van der Waals surface area contributed by atoms with Crippen LogP contribution < -0.4 is 16.6 Å². The Labute approximate surface area is 154 Å². The van der Waals surface area contributed by atoms with Gasteiger partial charge in [-0.15, -0.1) is 0 Å². The second-order valence-electron chi connectivity index (χ2n) is 6.73. The minimum atomic E-state index is -0.636. The summed E-state index contributed by atoms with van der Waals surface area (Å²) < 4.78 is 6.51. The number of hydrogen-bond donors (Lipinski definition) is 2. The number of para-hydroxylation sites is 1. The molecule has 1 aliphatic rings. The minimum absolute atomic E-state index is 0.0990. The number of carbonyl (C=O) groups is 2. The van der Waals surface area contributed by atoms with E-state index in [-0.39, 0.29) is 25.1 Å². The predicted octanol–water partition coefficient (Wildman–Crippen LogP) is -0.558. The number of fused-ring (bicyclic) bond motifs is 1. The van der Waals surface area contributed by atoms with Crippen LogP contribution in [0.2, 0.25) is 0 Å². The molecule has 0 saturated carbocycles. The second kappa shape index (κ2) is 7.75. The third kappa shape index (κ3) is 4.08. The highest BCUT2D eigenvalue weighted by molar-refractivity contribution is 5.81. The SMILES string of the molecule is CN(C)C(=O)[C@H]1CC[C@H](CNC(=O)Cn2c(=O)[nH]c3ccccc3c2=O)O1. The minimum Gasteiger partial charge on any atom is -0.363 e. The summed E-state index contributed by atoms with van der Waals surface area (Å²) in [5.41, 5.74) is -0.721. The van der Waals surface area contributed by atoms with Crippen LogP contribution in [0.4, 0.5) is 0 Å². The first-order chi connectivity index (χ1) is 12.9. The lowest BCUT2D eigenvalue weighted by atomic mass is 10.2. The van der Waals surface area contributed by atoms with E-state index in [0.717, 1.165) is 4.57 Å². The van der Waals surface area contributed by atoms with Crippen LogP contribution in [0, 0.1) is 0 Å². The van der Waals surface area contributed by atoms with E-state index in [0.29, 0.717) is 23.7 Å². The van der Waals surface area contributed by atoms with Crippen LogP contribution in [0.15, 0.2) is 33.9 Å². The van der Waals surface area contributed by atoms with Gasteiger partial charge in [0.05, 0.1) is 17.0 Å². The smallest absolute Gasteiger partial charge is 0.329 e. The number of aromatic nitrogens is 2. The average Bonchev–Trinajstić information content (AvgIpc) is 3.11. The molecule has 1 aromatic carbocycles. The Hall–Kier alpha value is -2.94. The van der Waals surface area contributed by atoms with Gasteiger partial charge < -0.3 is 19.9 Å². The molecule has 2 heterocycles. The Morgan fingerprint density at radius 1 is 1.26 bits per heavy atom. The lowest BCUT2D eigenvalue weighted by Gasteiger charge is -2.17. The largest absolute Gasteiger partial charge is 0.363 e.